The van der Waals surface area contributed by atoms with Crippen molar-refractivity contribution in [2.75, 3.05) is 0 Å². The molecule has 0 aliphatic carbocycles. The van der Waals surface area contributed by atoms with Crippen molar-refractivity contribution < 1.29 is 4.42 Å². The largest absolute Gasteiger partial charge is 0.469 e. The van der Waals surface area contributed by atoms with Crippen LogP contribution < -0.4 is 5.73 Å². The van der Waals surface area contributed by atoms with Gasteiger partial charge in [-0.1, -0.05) is 42.5 Å². The fourth-order valence-electron chi connectivity index (χ4n) is 2.51. The first-order chi connectivity index (χ1) is 9.24. The first-order valence-corrected chi connectivity index (χ1v) is 6.51. The minimum Gasteiger partial charge on any atom is -0.469 e. The molecule has 1 atom stereocenters. The van der Waals surface area contributed by atoms with Crippen molar-refractivity contribution >= 4 is 10.8 Å². The number of hydrogen-bond donors (Lipinski definition) is 1. The summed E-state index contributed by atoms with van der Waals surface area (Å²) in [4.78, 5) is 0. The second-order valence-corrected chi connectivity index (χ2v) is 4.92. The molecule has 1 heterocycles. The molecule has 0 radical (unpaired) electrons. The molecule has 0 aliphatic rings. The number of nitrogens with two attached hydrogens (primary N) is 1. The molecule has 0 saturated carbocycles. The molecule has 1 unspecified atom stereocenters. The van der Waals surface area contributed by atoms with Gasteiger partial charge >= 0.3 is 0 Å². The highest BCUT2D eigenvalue weighted by atomic mass is 16.3. The summed E-state index contributed by atoms with van der Waals surface area (Å²) in [5, 5.41) is 2.52. The molecule has 0 aliphatic heterocycles. The fraction of sp³-hybridized carbons (Fsp3) is 0.176. The lowest BCUT2D eigenvalue weighted by atomic mass is 9.98. The van der Waals surface area contributed by atoms with Crippen molar-refractivity contribution in [3.05, 3.63) is 71.7 Å². The Morgan fingerprint density at radius 2 is 1.84 bits per heavy atom. The summed E-state index contributed by atoms with van der Waals surface area (Å²) in [6, 6.07) is 16.8. The van der Waals surface area contributed by atoms with E-state index in [1.807, 2.05) is 13.0 Å². The third-order valence-electron chi connectivity index (χ3n) is 3.57. The summed E-state index contributed by atoms with van der Waals surface area (Å²) in [6.45, 7) is 1.95. The summed E-state index contributed by atoms with van der Waals surface area (Å²) in [6.07, 6.45) is 2.52. The third kappa shape index (κ3) is 2.40. The molecule has 2 aromatic carbocycles. The zero-order valence-corrected chi connectivity index (χ0v) is 11.0. The lowest BCUT2D eigenvalue weighted by Gasteiger charge is -2.11. The van der Waals surface area contributed by atoms with Crippen LogP contribution in [0.3, 0.4) is 0 Å². The molecule has 2 heteroatoms. The first-order valence-electron chi connectivity index (χ1n) is 6.51. The second-order valence-electron chi connectivity index (χ2n) is 4.92. The summed E-state index contributed by atoms with van der Waals surface area (Å²) in [7, 11) is 0. The van der Waals surface area contributed by atoms with E-state index in [-0.39, 0.29) is 6.04 Å². The van der Waals surface area contributed by atoms with E-state index in [4.69, 9.17) is 10.2 Å². The van der Waals surface area contributed by atoms with Crippen LogP contribution >= 0.6 is 0 Å². The smallest absolute Gasteiger partial charge is 0.105 e. The maximum atomic E-state index is 6.26. The van der Waals surface area contributed by atoms with Gasteiger partial charge in [-0.15, -0.1) is 0 Å². The monoisotopic (exact) mass is 251 g/mol. The van der Waals surface area contributed by atoms with E-state index in [2.05, 4.69) is 42.5 Å². The van der Waals surface area contributed by atoms with Crippen LogP contribution in [-0.4, -0.2) is 0 Å². The van der Waals surface area contributed by atoms with Gasteiger partial charge in [0.25, 0.3) is 0 Å². The summed E-state index contributed by atoms with van der Waals surface area (Å²) in [5.74, 6) is 0.910. The molecule has 1 aromatic heterocycles. The summed E-state index contributed by atoms with van der Waals surface area (Å²) in [5.41, 5.74) is 8.60. The molecule has 0 saturated heterocycles. The molecule has 0 fully saturated rings. The fourth-order valence-corrected chi connectivity index (χ4v) is 2.51. The zero-order valence-electron chi connectivity index (χ0n) is 11.0. The minimum atomic E-state index is -0.0140. The Kier molecular flexibility index (Phi) is 3.10. The van der Waals surface area contributed by atoms with Gasteiger partial charge in [-0.3, -0.25) is 0 Å². The minimum absolute atomic E-state index is 0.0140. The average molecular weight is 251 g/mol. The van der Waals surface area contributed by atoms with Crippen LogP contribution in [-0.2, 0) is 6.42 Å². The van der Waals surface area contributed by atoms with Gasteiger partial charge in [0.1, 0.15) is 5.76 Å². The molecular formula is C17H17NO. The van der Waals surface area contributed by atoms with Crippen LogP contribution in [0, 0.1) is 6.92 Å². The lowest BCUT2D eigenvalue weighted by molar-refractivity contribution is 0.524. The highest BCUT2D eigenvalue weighted by Gasteiger charge is 2.12. The van der Waals surface area contributed by atoms with Gasteiger partial charge in [0.2, 0.25) is 0 Å². The molecule has 0 bridgehead atoms. The number of rotatable bonds is 3. The maximum Gasteiger partial charge on any atom is 0.105 e. The van der Waals surface area contributed by atoms with E-state index in [1.54, 1.807) is 6.26 Å². The molecule has 3 aromatic rings. The van der Waals surface area contributed by atoms with E-state index in [0.29, 0.717) is 0 Å². The number of fused-ring (bicyclic) bond motifs is 1. The van der Waals surface area contributed by atoms with Crippen LogP contribution in [0.5, 0.6) is 0 Å². The Hall–Kier alpha value is -2.06. The zero-order chi connectivity index (χ0) is 13.2. The Morgan fingerprint density at radius 3 is 2.58 bits per heavy atom. The number of benzene rings is 2. The Morgan fingerprint density at radius 1 is 1.05 bits per heavy atom. The molecule has 19 heavy (non-hydrogen) atoms. The van der Waals surface area contributed by atoms with Crippen molar-refractivity contribution in [3.8, 4) is 0 Å². The normalized spacial score (nSPS) is 12.7. The van der Waals surface area contributed by atoms with Crippen molar-refractivity contribution in [1.82, 2.24) is 0 Å². The first kappa shape index (κ1) is 12.0. The van der Waals surface area contributed by atoms with E-state index >= 15 is 0 Å². The standard InChI is InChI=1S/C17H17NO/c1-12-16(8-9-19-12)17(18)11-13-6-7-14-4-2-3-5-15(14)10-13/h2-10,17H,11,18H2,1H3. The quantitative estimate of drug-likeness (QED) is 0.764. The molecule has 2 N–H and O–H groups in total. The number of hydrogen-bond acceptors (Lipinski definition) is 2. The Labute approximate surface area is 112 Å². The van der Waals surface area contributed by atoms with E-state index in [0.717, 1.165) is 17.7 Å². The van der Waals surface area contributed by atoms with Crippen LogP contribution in [0.25, 0.3) is 10.8 Å². The second kappa shape index (κ2) is 4.90. The van der Waals surface area contributed by atoms with Crippen LogP contribution in [0.15, 0.2) is 59.2 Å². The predicted octanol–water partition coefficient (Wildman–Crippen LogP) is 3.98. The van der Waals surface area contributed by atoms with E-state index in [9.17, 15) is 0 Å². The van der Waals surface area contributed by atoms with Crippen molar-refractivity contribution in [2.45, 2.75) is 19.4 Å². The molecule has 96 valence electrons. The van der Waals surface area contributed by atoms with Gasteiger partial charge in [-0.2, -0.15) is 0 Å². The van der Waals surface area contributed by atoms with E-state index < -0.39 is 0 Å². The van der Waals surface area contributed by atoms with Crippen molar-refractivity contribution in [1.29, 1.82) is 0 Å². The lowest BCUT2D eigenvalue weighted by Crippen LogP contribution is -2.13. The van der Waals surface area contributed by atoms with E-state index in [1.165, 1.54) is 16.3 Å². The molecule has 0 spiro atoms. The van der Waals surface area contributed by atoms with Crippen molar-refractivity contribution in [2.24, 2.45) is 5.73 Å². The Bertz CT molecular complexity index is 699. The van der Waals surface area contributed by atoms with Gasteiger partial charge < -0.3 is 10.2 Å². The maximum absolute atomic E-state index is 6.26. The van der Waals surface area contributed by atoms with Crippen LogP contribution in [0.1, 0.15) is 22.9 Å². The Balaban J connectivity index is 1.87. The average Bonchev–Trinajstić information content (AvgIpc) is 2.85. The molecule has 2 nitrogen and oxygen atoms in total. The summed E-state index contributed by atoms with van der Waals surface area (Å²) < 4.78 is 5.31. The molecular weight excluding hydrogens is 234 g/mol. The summed E-state index contributed by atoms with van der Waals surface area (Å²) >= 11 is 0. The van der Waals surface area contributed by atoms with Gasteiger partial charge in [0.15, 0.2) is 0 Å². The third-order valence-corrected chi connectivity index (χ3v) is 3.57. The molecule has 3 rings (SSSR count). The SMILES string of the molecule is Cc1occc1C(N)Cc1ccc2ccccc2c1. The number of aryl methyl sites for hydroxylation is 1. The molecule has 0 amide bonds. The topological polar surface area (TPSA) is 39.2 Å². The highest BCUT2D eigenvalue weighted by Crippen LogP contribution is 2.22. The predicted molar refractivity (Wildman–Crippen MR) is 78.0 cm³/mol. The van der Waals surface area contributed by atoms with Gasteiger partial charge in [0, 0.05) is 11.6 Å². The number of furan rings is 1. The highest BCUT2D eigenvalue weighted by molar-refractivity contribution is 5.83. The van der Waals surface area contributed by atoms with Crippen LogP contribution in [0.4, 0.5) is 0 Å². The van der Waals surface area contributed by atoms with Gasteiger partial charge in [-0.25, -0.2) is 0 Å². The van der Waals surface area contributed by atoms with Gasteiger partial charge in [-0.05, 0) is 35.7 Å². The van der Waals surface area contributed by atoms with Crippen molar-refractivity contribution in [3.63, 3.8) is 0 Å². The van der Waals surface area contributed by atoms with Gasteiger partial charge in [0.05, 0.1) is 6.26 Å². The van der Waals surface area contributed by atoms with Crippen LogP contribution in [0.2, 0.25) is 0 Å².